The van der Waals surface area contributed by atoms with Crippen LogP contribution in [0.2, 0.25) is 5.02 Å². The van der Waals surface area contributed by atoms with Gasteiger partial charge in [-0.1, -0.05) is 23.7 Å². The molecule has 1 fully saturated rings. The lowest BCUT2D eigenvalue weighted by Gasteiger charge is -2.26. The summed E-state index contributed by atoms with van der Waals surface area (Å²) in [7, 11) is -3.87. The molecular weight excluding hydrogens is 383 g/mol. The molecule has 0 unspecified atom stereocenters. The smallest absolute Gasteiger partial charge is 0.257 e. The Morgan fingerprint density at radius 2 is 1.85 bits per heavy atom. The van der Waals surface area contributed by atoms with Gasteiger partial charge in [0.25, 0.3) is 5.91 Å². The van der Waals surface area contributed by atoms with Crippen molar-refractivity contribution < 1.29 is 22.3 Å². The van der Waals surface area contributed by atoms with Crippen LogP contribution in [0.5, 0.6) is 0 Å². The van der Waals surface area contributed by atoms with Crippen LogP contribution in [0.1, 0.15) is 10.4 Å². The van der Waals surface area contributed by atoms with Gasteiger partial charge in [-0.2, -0.15) is 4.31 Å². The van der Waals surface area contributed by atoms with Gasteiger partial charge in [0.1, 0.15) is 5.82 Å². The van der Waals surface area contributed by atoms with Gasteiger partial charge in [0.2, 0.25) is 10.0 Å². The minimum absolute atomic E-state index is 0.0617. The molecule has 2 aromatic carbocycles. The van der Waals surface area contributed by atoms with Crippen LogP contribution in [0.3, 0.4) is 0 Å². The SMILES string of the molecule is O=C(Nc1ccc(Cl)cc1F)c1ccccc1S(=O)(=O)N1CCOCC1. The van der Waals surface area contributed by atoms with E-state index in [2.05, 4.69) is 5.32 Å². The fourth-order valence-electron chi connectivity index (χ4n) is 2.59. The van der Waals surface area contributed by atoms with Gasteiger partial charge in [-0.05, 0) is 30.3 Å². The number of ether oxygens (including phenoxy) is 1. The average molecular weight is 399 g/mol. The van der Waals surface area contributed by atoms with Crippen molar-refractivity contribution in [2.45, 2.75) is 4.90 Å². The molecule has 3 rings (SSSR count). The normalized spacial score (nSPS) is 15.6. The molecule has 1 amide bonds. The first-order valence-electron chi connectivity index (χ1n) is 7.83. The molecule has 9 heteroatoms. The number of morpholine rings is 1. The summed E-state index contributed by atoms with van der Waals surface area (Å²) in [6.45, 7) is 1.02. The van der Waals surface area contributed by atoms with Gasteiger partial charge in [-0.15, -0.1) is 0 Å². The van der Waals surface area contributed by atoms with Crippen LogP contribution >= 0.6 is 11.6 Å². The van der Waals surface area contributed by atoms with Crippen LogP contribution in [0, 0.1) is 5.82 Å². The molecule has 1 aliphatic heterocycles. The third-order valence-corrected chi connectivity index (χ3v) is 6.09. The van der Waals surface area contributed by atoms with Gasteiger partial charge in [-0.25, -0.2) is 12.8 Å². The number of hydrogen-bond acceptors (Lipinski definition) is 4. The van der Waals surface area contributed by atoms with E-state index >= 15 is 0 Å². The maximum Gasteiger partial charge on any atom is 0.257 e. The van der Waals surface area contributed by atoms with Gasteiger partial charge in [-0.3, -0.25) is 4.79 Å². The lowest BCUT2D eigenvalue weighted by atomic mass is 10.2. The number of hydrogen-bond donors (Lipinski definition) is 1. The van der Waals surface area contributed by atoms with E-state index in [4.69, 9.17) is 16.3 Å². The van der Waals surface area contributed by atoms with Gasteiger partial charge in [0.05, 0.1) is 29.4 Å². The Bertz CT molecular complexity index is 930. The van der Waals surface area contributed by atoms with E-state index in [1.165, 1.54) is 34.6 Å². The molecule has 0 radical (unpaired) electrons. The number of halogens is 2. The van der Waals surface area contributed by atoms with Crippen LogP contribution in [0.15, 0.2) is 47.4 Å². The van der Waals surface area contributed by atoms with E-state index in [1.54, 1.807) is 6.07 Å². The molecule has 1 heterocycles. The highest BCUT2D eigenvalue weighted by atomic mass is 35.5. The highest BCUT2D eigenvalue weighted by Crippen LogP contribution is 2.24. The lowest BCUT2D eigenvalue weighted by Crippen LogP contribution is -2.41. The predicted molar refractivity (Wildman–Crippen MR) is 95.4 cm³/mol. The molecular formula is C17H16ClFN2O4S. The molecule has 0 atom stereocenters. The maximum absolute atomic E-state index is 13.9. The molecule has 0 saturated carbocycles. The maximum atomic E-state index is 13.9. The first-order chi connectivity index (χ1) is 12.4. The minimum Gasteiger partial charge on any atom is -0.379 e. The van der Waals surface area contributed by atoms with Crippen molar-refractivity contribution in [3.63, 3.8) is 0 Å². The van der Waals surface area contributed by atoms with Crippen molar-refractivity contribution in [1.82, 2.24) is 4.31 Å². The number of benzene rings is 2. The van der Waals surface area contributed by atoms with Crippen molar-refractivity contribution in [3.05, 3.63) is 58.9 Å². The van der Waals surface area contributed by atoms with E-state index < -0.39 is 21.7 Å². The summed E-state index contributed by atoms with van der Waals surface area (Å²) < 4.78 is 46.1. The molecule has 0 aromatic heterocycles. The molecule has 26 heavy (non-hydrogen) atoms. The Morgan fingerprint density at radius 3 is 2.54 bits per heavy atom. The Kier molecular flexibility index (Phi) is 5.57. The summed E-state index contributed by atoms with van der Waals surface area (Å²) in [5.41, 5.74) is -0.147. The second-order valence-electron chi connectivity index (χ2n) is 5.59. The summed E-state index contributed by atoms with van der Waals surface area (Å²) in [5.74, 6) is -1.43. The van der Waals surface area contributed by atoms with E-state index in [-0.39, 0.29) is 34.3 Å². The fourth-order valence-corrected chi connectivity index (χ4v) is 4.34. The van der Waals surface area contributed by atoms with Gasteiger partial charge in [0.15, 0.2) is 0 Å². The number of nitrogens with one attached hydrogen (secondary N) is 1. The molecule has 138 valence electrons. The Morgan fingerprint density at radius 1 is 1.15 bits per heavy atom. The molecule has 0 aliphatic carbocycles. The van der Waals surface area contributed by atoms with E-state index in [0.29, 0.717) is 13.2 Å². The number of carbonyl (C=O) groups is 1. The first-order valence-corrected chi connectivity index (χ1v) is 9.65. The molecule has 0 bridgehead atoms. The number of anilines is 1. The lowest BCUT2D eigenvalue weighted by molar-refractivity contribution is 0.0730. The van der Waals surface area contributed by atoms with Crippen LogP contribution < -0.4 is 5.32 Å². The van der Waals surface area contributed by atoms with Crippen LogP contribution in [0.25, 0.3) is 0 Å². The number of amides is 1. The first kappa shape index (κ1) is 18.8. The number of carbonyl (C=O) groups excluding carboxylic acids is 1. The van der Waals surface area contributed by atoms with Gasteiger partial charge < -0.3 is 10.1 Å². The Labute approximate surface area is 155 Å². The molecule has 1 aliphatic rings. The number of sulfonamides is 1. The fraction of sp³-hybridized carbons (Fsp3) is 0.235. The van der Waals surface area contributed by atoms with Crippen molar-refractivity contribution in [2.75, 3.05) is 31.6 Å². The summed E-state index contributed by atoms with van der Waals surface area (Å²) >= 11 is 5.69. The topological polar surface area (TPSA) is 75.7 Å². The summed E-state index contributed by atoms with van der Waals surface area (Å²) in [4.78, 5) is 12.5. The zero-order valence-corrected chi connectivity index (χ0v) is 15.2. The zero-order chi connectivity index (χ0) is 18.7. The monoisotopic (exact) mass is 398 g/mol. The van der Waals surface area contributed by atoms with Gasteiger partial charge in [0, 0.05) is 18.1 Å². The highest BCUT2D eigenvalue weighted by Gasteiger charge is 2.30. The average Bonchev–Trinajstić information content (AvgIpc) is 2.64. The van der Waals surface area contributed by atoms with Crippen molar-refractivity contribution in [3.8, 4) is 0 Å². The van der Waals surface area contributed by atoms with E-state index in [0.717, 1.165) is 6.07 Å². The van der Waals surface area contributed by atoms with E-state index in [1.807, 2.05) is 0 Å². The van der Waals surface area contributed by atoms with Crippen molar-refractivity contribution in [2.24, 2.45) is 0 Å². The molecule has 2 aromatic rings. The minimum atomic E-state index is -3.87. The quantitative estimate of drug-likeness (QED) is 0.859. The number of nitrogens with zero attached hydrogens (tertiary/aromatic N) is 1. The second kappa shape index (κ2) is 7.71. The standard InChI is InChI=1S/C17H16ClFN2O4S/c18-12-5-6-15(14(19)11-12)20-17(22)13-3-1-2-4-16(13)26(23,24)21-7-9-25-10-8-21/h1-6,11H,7-10H2,(H,20,22). The summed E-state index contributed by atoms with van der Waals surface area (Å²) in [5, 5.41) is 2.58. The van der Waals surface area contributed by atoms with Crippen LogP contribution in [-0.4, -0.2) is 44.9 Å². The molecule has 1 N–H and O–H groups in total. The van der Waals surface area contributed by atoms with Crippen LogP contribution in [0.4, 0.5) is 10.1 Å². The largest absolute Gasteiger partial charge is 0.379 e. The predicted octanol–water partition coefficient (Wildman–Crippen LogP) is 2.75. The summed E-state index contributed by atoms with van der Waals surface area (Å²) in [6.07, 6.45) is 0. The second-order valence-corrected chi connectivity index (χ2v) is 7.93. The molecule has 6 nitrogen and oxygen atoms in total. The van der Waals surface area contributed by atoms with Crippen molar-refractivity contribution >= 4 is 33.2 Å². The van der Waals surface area contributed by atoms with Gasteiger partial charge >= 0.3 is 0 Å². The van der Waals surface area contributed by atoms with Crippen molar-refractivity contribution in [1.29, 1.82) is 0 Å². The third-order valence-electron chi connectivity index (χ3n) is 3.90. The molecule has 1 saturated heterocycles. The molecule has 0 spiro atoms. The van der Waals surface area contributed by atoms with E-state index in [9.17, 15) is 17.6 Å². The third kappa shape index (κ3) is 3.88. The number of rotatable bonds is 4. The summed E-state index contributed by atoms with van der Waals surface area (Å²) in [6, 6.07) is 9.63. The Balaban J connectivity index is 1.92. The Hall–Kier alpha value is -2.00. The highest BCUT2D eigenvalue weighted by molar-refractivity contribution is 7.89. The van der Waals surface area contributed by atoms with Crippen LogP contribution in [-0.2, 0) is 14.8 Å². The zero-order valence-electron chi connectivity index (χ0n) is 13.6.